The van der Waals surface area contributed by atoms with Gasteiger partial charge in [0.25, 0.3) is 0 Å². The molecule has 4 heteroatoms. The van der Waals surface area contributed by atoms with Crippen molar-refractivity contribution >= 4 is 87.6 Å². The van der Waals surface area contributed by atoms with E-state index in [1.54, 1.807) is 0 Å². The lowest BCUT2D eigenvalue weighted by Gasteiger charge is -2.34. The maximum absolute atomic E-state index is 7.12. The molecular formula is C128H90N2OS. The van der Waals surface area contributed by atoms with Gasteiger partial charge in [0.05, 0.1) is 10.8 Å². The van der Waals surface area contributed by atoms with Gasteiger partial charge in [-0.05, 0) is 253 Å². The van der Waals surface area contributed by atoms with Gasteiger partial charge in [0.1, 0.15) is 11.2 Å². The van der Waals surface area contributed by atoms with E-state index in [-0.39, 0.29) is 10.8 Å². The summed E-state index contributed by atoms with van der Waals surface area (Å²) in [6, 6.07) is 175. The minimum atomic E-state index is -0.504. The van der Waals surface area contributed by atoms with E-state index in [0.29, 0.717) is 0 Å². The second-order valence-electron chi connectivity index (χ2n) is 36.8. The van der Waals surface area contributed by atoms with Crippen molar-refractivity contribution in [2.24, 2.45) is 0 Å². The number of benzene rings is 20. The Hall–Kier alpha value is -16.0. The minimum Gasteiger partial charge on any atom is -0.455 e. The lowest BCUT2D eigenvalue weighted by Crippen LogP contribution is -2.28. The largest absolute Gasteiger partial charge is 0.455 e. The highest BCUT2D eigenvalue weighted by atomic mass is 32.1. The smallest absolute Gasteiger partial charge is 0.143 e. The molecule has 0 bridgehead atoms. The molecule has 0 radical (unpaired) electrons. The molecule has 0 unspecified atom stereocenters. The van der Waals surface area contributed by atoms with Gasteiger partial charge in [-0.1, -0.05) is 398 Å². The predicted octanol–water partition coefficient (Wildman–Crippen LogP) is 34.6. The first-order valence-corrected chi connectivity index (χ1v) is 46.8. The topological polar surface area (TPSA) is 19.6 Å². The molecule has 22 aromatic rings. The number of hydrogen-bond donors (Lipinski definition) is 0. The molecule has 0 saturated heterocycles. The molecule has 0 spiro atoms. The number of hydrogen-bond acceptors (Lipinski definition) is 4. The van der Waals surface area contributed by atoms with Gasteiger partial charge in [-0.25, -0.2) is 0 Å². The number of para-hydroxylation sites is 1. The molecule has 0 N–H and O–H groups in total. The van der Waals surface area contributed by atoms with Gasteiger partial charge in [-0.15, -0.1) is 11.3 Å². The maximum atomic E-state index is 7.12. The number of fused-ring (bicyclic) bond motifs is 18. The van der Waals surface area contributed by atoms with Crippen LogP contribution in [0.15, 0.2) is 478 Å². The van der Waals surface area contributed by atoms with Crippen molar-refractivity contribution in [3.05, 3.63) is 540 Å². The van der Waals surface area contributed by atoms with Crippen LogP contribution < -0.4 is 9.80 Å². The van der Waals surface area contributed by atoms with E-state index in [4.69, 9.17) is 4.42 Å². The van der Waals surface area contributed by atoms with Gasteiger partial charge in [0, 0.05) is 81.5 Å². The van der Waals surface area contributed by atoms with E-state index in [0.717, 1.165) is 67.2 Å². The Balaban J connectivity index is 0.000000142. The lowest BCUT2D eigenvalue weighted by atomic mass is 9.67. The summed E-state index contributed by atoms with van der Waals surface area (Å²) < 4.78 is 9.71. The van der Waals surface area contributed by atoms with Crippen LogP contribution in [0.25, 0.3) is 131 Å². The molecule has 3 nitrogen and oxygen atoms in total. The highest BCUT2D eigenvalue weighted by Gasteiger charge is 2.48. The number of furan rings is 1. The summed E-state index contributed by atoms with van der Waals surface area (Å²) in [6.45, 7) is 9.43. The normalized spacial score (nSPS) is 13.8. The second kappa shape index (κ2) is 30.9. The van der Waals surface area contributed by atoms with Gasteiger partial charge >= 0.3 is 0 Å². The third-order valence-electron chi connectivity index (χ3n) is 29.1. The van der Waals surface area contributed by atoms with E-state index in [9.17, 15) is 0 Å². The molecule has 0 fully saturated rings. The maximum Gasteiger partial charge on any atom is 0.143 e. The number of thiophene rings is 1. The first-order valence-electron chi connectivity index (χ1n) is 46.0. The van der Waals surface area contributed by atoms with Gasteiger partial charge in [0.2, 0.25) is 0 Å². The first-order chi connectivity index (χ1) is 64.9. The Morgan fingerprint density at radius 3 is 0.962 bits per heavy atom. The summed E-state index contributed by atoms with van der Waals surface area (Å²) in [7, 11) is 0. The SMILES string of the molecule is CC1(C)c2ccccc2-c2ccc(N(c3cccc(-c4ccccc4)c3)c3cccc(-c4ccc5sc6ccc(C7(c8ccccc8)c8ccccc8-c8ccccc87)cc6c5c4)c3)cc21.CC1(C)c2ccccc2-c2ccc(N(c3cccc(-c4ccccc4)c3)c3cccc(-c4cccc5c4oc4cc(C6(c7ccccc7)c7ccccc7-c7ccccc76)ccc45)c3)cc21. The molecule has 0 amide bonds. The monoisotopic (exact) mass is 1700 g/mol. The van der Waals surface area contributed by atoms with E-state index < -0.39 is 10.8 Å². The molecule has 132 heavy (non-hydrogen) atoms. The summed E-state index contributed by atoms with van der Waals surface area (Å²) in [5.41, 5.74) is 42.7. The predicted molar refractivity (Wildman–Crippen MR) is 554 cm³/mol. The van der Waals surface area contributed by atoms with Crippen molar-refractivity contribution in [2.75, 3.05) is 9.80 Å². The average molecular weight is 1700 g/mol. The van der Waals surface area contributed by atoms with Crippen LogP contribution in [0.5, 0.6) is 0 Å². The molecule has 20 aromatic carbocycles. The zero-order valence-corrected chi connectivity index (χ0v) is 74.6. The van der Waals surface area contributed by atoms with Crippen LogP contribution in [0.3, 0.4) is 0 Å². The van der Waals surface area contributed by atoms with Crippen LogP contribution in [0.1, 0.15) is 94.5 Å². The molecule has 4 aliphatic carbocycles. The van der Waals surface area contributed by atoms with Gasteiger partial charge < -0.3 is 14.2 Å². The average Bonchev–Trinajstić information content (AvgIpc) is 1.54. The number of anilines is 6. The Morgan fingerprint density at radius 1 is 0.189 bits per heavy atom. The van der Waals surface area contributed by atoms with Gasteiger partial charge in [0.15, 0.2) is 0 Å². The van der Waals surface area contributed by atoms with Crippen LogP contribution in [-0.2, 0) is 21.7 Å². The minimum absolute atomic E-state index is 0.120. The summed E-state index contributed by atoms with van der Waals surface area (Å²) in [6.07, 6.45) is 0. The van der Waals surface area contributed by atoms with Crippen LogP contribution >= 0.6 is 11.3 Å². The van der Waals surface area contributed by atoms with Crippen LogP contribution in [0, 0.1) is 0 Å². The van der Waals surface area contributed by atoms with Crippen molar-refractivity contribution in [2.45, 2.75) is 49.4 Å². The fraction of sp³-hybridized carbons (Fsp3) is 0.0625. The number of nitrogens with zero attached hydrogens (tertiary/aromatic N) is 2. The molecular weight excluding hydrogens is 1610 g/mol. The fourth-order valence-electron chi connectivity index (χ4n) is 23.0. The Morgan fingerprint density at radius 2 is 0.508 bits per heavy atom. The molecule has 2 aromatic heterocycles. The Bertz CT molecular complexity index is 8270. The third-order valence-corrected chi connectivity index (χ3v) is 30.2. The van der Waals surface area contributed by atoms with Crippen LogP contribution in [0.4, 0.5) is 34.1 Å². The Labute approximate surface area is 774 Å². The van der Waals surface area contributed by atoms with Crippen molar-refractivity contribution in [1.82, 2.24) is 0 Å². The van der Waals surface area contributed by atoms with E-state index >= 15 is 0 Å². The molecule has 2 heterocycles. The van der Waals surface area contributed by atoms with Gasteiger partial charge in [-0.2, -0.15) is 0 Å². The summed E-state index contributed by atoms with van der Waals surface area (Å²) >= 11 is 1.88. The van der Waals surface area contributed by atoms with Crippen LogP contribution in [0.2, 0.25) is 0 Å². The molecule has 26 rings (SSSR count). The first kappa shape index (κ1) is 78.3. The van der Waals surface area contributed by atoms with E-state index in [1.165, 1.54) is 165 Å². The quantitative estimate of drug-likeness (QED) is 0.108. The van der Waals surface area contributed by atoms with Crippen LogP contribution in [-0.4, -0.2) is 0 Å². The second-order valence-corrected chi connectivity index (χ2v) is 37.9. The molecule has 4 aliphatic rings. The number of rotatable bonds is 14. The van der Waals surface area contributed by atoms with Crippen molar-refractivity contribution in [3.63, 3.8) is 0 Å². The molecule has 0 atom stereocenters. The summed E-state index contributed by atoms with van der Waals surface area (Å²) in [5, 5.41) is 4.79. The van der Waals surface area contributed by atoms with E-state index in [2.05, 4.69) is 511 Å². The van der Waals surface area contributed by atoms with Gasteiger partial charge in [-0.3, -0.25) is 0 Å². The lowest BCUT2D eigenvalue weighted by molar-refractivity contribution is 0.660. The zero-order chi connectivity index (χ0) is 88.0. The van der Waals surface area contributed by atoms with Crippen molar-refractivity contribution < 1.29 is 4.42 Å². The van der Waals surface area contributed by atoms with Crippen molar-refractivity contribution in [3.8, 4) is 89.0 Å². The van der Waals surface area contributed by atoms with Crippen molar-refractivity contribution in [1.29, 1.82) is 0 Å². The highest BCUT2D eigenvalue weighted by Crippen LogP contribution is 2.61. The third kappa shape index (κ3) is 12.2. The summed E-state index contributed by atoms with van der Waals surface area (Å²) in [4.78, 5) is 4.86. The Kier molecular flexibility index (Phi) is 18.3. The molecule has 0 saturated carbocycles. The molecule has 0 aliphatic heterocycles. The summed E-state index contributed by atoms with van der Waals surface area (Å²) in [5.74, 6) is 0. The highest BCUT2D eigenvalue weighted by molar-refractivity contribution is 7.25. The standard InChI is InChI=1S/C64H45NO.C64H45NS/c1-63(2)57-31-12-9-26-51(57)54-37-35-49(41-60(54)63)65(47-24-15-20-43(38-47)42-18-5-3-6-19-42)48-25-16-21-44(39-48)50-29-17-30-56-55-36-34-46(40-61(55)66-62(50)56)64(45-22-7-4-8-23-45)58-32-13-10-27-52(58)53-28-11-14-33-59(53)64;1-63(2)57-28-12-9-25-51(57)54-34-33-50(41-60(54)63)65(48-23-15-19-43(37-48)42-17-5-3-6-18-42)49-24-16-20-44(38-49)45-31-35-61-55(39-45)56-40-47(32-36-62(56)66-61)64(46-21-7-4-8-22-46)58-29-13-10-26-52(58)53-27-11-14-30-59(53)64/h2*3-41H,1-2H3. The zero-order valence-electron chi connectivity index (χ0n) is 73.7. The molecule has 624 valence electrons. The van der Waals surface area contributed by atoms with E-state index in [1.807, 2.05) is 11.3 Å². The fourth-order valence-corrected chi connectivity index (χ4v) is 24.0.